The Bertz CT molecular complexity index is 195. The standard InChI is InChI=1S/C9H18N2O4/c1-14-6-7(12)4-11-9(13)8-5-10-2-3-15-8/h7-8,10,12H,2-6H2,1H3,(H,11,13). The number of hydrogen-bond donors (Lipinski definition) is 3. The van der Waals surface area contributed by atoms with E-state index in [4.69, 9.17) is 9.47 Å². The molecule has 6 nitrogen and oxygen atoms in total. The molecule has 1 rings (SSSR count). The molecule has 0 bridgehead atoms. The minimum absolute atomic E-state index is 0.187. The van der Waals surface area contributed by atoms with Crippen molar-refractivity contribution in [2.24, 2.45) is 0 Å². The number of methoxy groups -OCH3 is 1. The van der Waals surface area contributed by atoms with E-state index >= 15 is 0 Å². The number of nitrogens with one attached hydrogen (secondary N) is 2. The van der Waals surface area contributed by atoms with Gasteiger partial charge in [0, 0.05) is 26.7 Å². The van der Waals surface area contributed by atoms with Gasteiger partial charge in [-0.3, -0.25) is 4.79 Å². The molecule has 3 N–H and O–H groups in total. The highest BCUT2D eigenvalue weighted by Crippen LogP contribution is 1.95. The predicted molar refractivity (Wildman–Crippen MR) is 53.5 cm³/mol. The average molecular weight is 218 g/mol. The minimum Gasteiger partial charge on any atom is -0.389 e. The number of carbonyl (C=O) groups excluding carboxylic acids is 1. The zero-order valence-corrected chi connectivity index (χ0v) is 8.86. The summed E-state index contributed by atoms with van der Waals surface area (Å²) in [6.45, 7) is 2.23. The summed E-state index contributed by atoms with van der Waals surface area (Å²) < 4.78 is 9.98. The second-order valence-electron chi connectivity index (χ2n) is 3.42. The average Bonchev–Trinajstić information content (AvgIpc) is 2.27. The van der Waals surface area contributed by atoms with Crippen molar-refractivity contribution in [2.45, 2.75) is 12.2 Å². The maximum Gasteiger partial charge on any atom is 0.250 e. The van der Waals surface area contributed by atoms with Gasteiger partial charge >= 0.3 is 0 Å². The van der Waals surface area contributed by atoms with Gasteiger partial charge in [0.1, 0.15) is 6.10 Å². The van der Waals surface area contributed by atoms with Gasteiger partial charge in [-0.25, -0.2) is 0 Å². The summed E-state index contributed by atoms with van der Waals surface area (Å²) in [6.07, 6.45) is -1.12. The van der Waals surface area contributed by atoms with E-state index in [-0.39, 0.29) is 19.1 Å². The highest BCUT2D eigenvalue weighted by atomic mass is 16.5. The first kappa shape index (κ1) is 12.4. The van der Waals surface area contributed by atoms with Crippen LogP contribution in [0.25, 0.3) is 0 Å². The molecule has 1 saturated heterocycles. The Labute approximate surface area is 88.9 Å². The maximum absolute atomic E-state index is 11.5. The molecular formula is C9H18N2O4. The molecule has 88 valence electrons. The fraction of sp³-hybridized carbons (Fsp3) is 0.889. The van der Waals surface area contributed by atoms with Crippen LogP contribution >= 0.6 is 0 Å². The third-order valence-electron chi connectivity index (χ3n) is 2.09. The molecule has 0 spiro atoms. The number of ether oxygens (including phenoxy) is 2. The molecule has 1 aliphatic rings. The zero-order chi connectivity index (χ0) is 11.1. The van der Waals surface area contributed by atoms with E-state index in [2.05, 4.69) is 10.6 Å². The van der Waals surface area contributed by atoms with E-state index in [0.29, 0.717) is 13.2 Å². The summed E-state index contributed by atoms with van der Waals surface area (Å²) >= 11 is 0. The monoisotopic (exact) mass is 218 g/mol. The SMILES string of the molecule is COCC(O)CNC(=O)C1CNCCO1. The van der Waals surface area contributed by atoms with Crippen LogP contribution in [-0.2, 0) is 14.3 Å². The van der Waals surface area contributed by atoms with Crippen molar-refractivity contribution in [2.75, 3.05) is 40.0 Å². The molecule has 1 aliphatic heterocycles. The Morgan fingerprint density at radius 1 is 1.80 bits per heavy atom. The van der Waals surface area contributed by atoms with Gasteiger partial charge in [-0.05, 0) is 0 Å². The Kier molecular flexibility index (Phi) is 5.56. The van der Waals surface area contributed by atoms with Gasteiger partial charge in [0.05, 0.1) is 19.3 Å². The lowest BCUT2D eigenvalue weighted by Gasteiger charge is -2.23. The third-order valence-corrected chi connectivity index (χ3v) is 2.09. The summed E-state index contributed by atoms with van der Waals surface area (Å²) in [5.74, 6) is -0.197. The molecule has 6 heteroatoms. The molecule has 0 saturated carbocycles. The van der Waals surface area contributed by atoms with Gasteiger partial charge in [-0.1, -0.05) is 0 Å². The fourth-order valence-corrected chi connectivity index (χ4v) is 1.32. The van der Waals surface area contributed by atoms with Gasteiger partial charge < -0.3 is 25.2 Å². The van der Waals surface area contributed by atoms with Crippen LogP contribution < -0.4 is 10.6 Å². The number of hydrogen-bond acceptors (Lipinski definition) is 5. The van der Waals surface area contributed by atoms with Crippen LogP contribution in [-0.4, -0.2) is 63.2 Å². The van der Waals surface area contributed by atoms with E-state index in [9.17, 15) is 9.90 Å². The van der Waals surface area contributed by atoms with E-state index < -0.39 is 12.2 Å². The second kappa shape index (κ2) is 6.73. The van der Waals surface area contributed by atoms with Crippen molar-refractivity contribution in [3.8, 4) is 0 Å². The molecule has 2 atom stereocenters. The molecule has 2 unspecified atom stereocenters. The van der Waals surface area contributed by atoms with E-state index in [1.165, 1.54) is 7.11 Å². The van der Waals surface area contributed by atoms with E-state index in [1.54, 1.807) is 0 Å². The summed E-state index contributed by atoms with van der Waals surface area (Å²) in [4.78, 5) is 11.5. The first-order valence-corrected chi connectivity index (χ1v) is 5.01. The second-order valence-corrected chi connectivity index (χ2v) is 3.42. The van der Waals surface area contributed by atoms with Crippen molar-refractivity contribution < 1.29 is 19.4 Å². The van der Waals surface area contributed by atoms with Crippen molar-refractivity contribution in [3.05, 3.63) is 0 Å². The number of aliphatic hydroxyl groups is 1. The van der Waals surface area contributed by atoms with Crippen molar-refractivity contribution in [1.82, 2.24) is 10.6 Å². The Morgan fingerprint density at radius 3 is 3.20 bits per heavy atom. The van der Waals surface area contributed by atoms with E-state index in [0.717, 1.165) is 6.54 Å². The van der Waals surface area contributed by atoms with Crippen LogP contribution in [0, 0.1) is 0 Å². The van der Waals surface area contributed by atoms with Crippen LogP contribution in [0.3, 0.4) is 0 Å². The normalized spacial score (nSPS) is 23.5. The fourth-order valence-electron chi connectivity index (χ4n) is 1.32. The van der Waals surface area contributed by atoms with Gasteiger partial charge in [0.15, 0.2) is 0 Å². The molecule has 0 radical (unpaired) electrons. The quantitative estimate of drug-likeness (QED) is 0.502. The van der Waals surface area contributed by atoms with E-state index in [1.807, 2.05) is 0 Å². The molecule has 0 aromatic carbocycles. The molecule has 1 heterocycles. The van der Waals surface area contributed by atoms with Crippen LogP contribution in [0.4, 0.5) is 0 Å². The highest BCUT2D eigenvalue weighted by molar-refractivity contribution is 5.81. The predicted octanol–water partition coefficient (Wildman–Crippen LogP) is -1.90. The summed E-state index contributed by atoms with van der Waals surface area (Å²) in [5.41, 5.74) is 0. The number of amides is 1. The van der Waals surface area contributed by atoms with Crippen molar-refractivity contribution >= 4 is 5.91 Å². The van der Waals surface area contributed by atoms with Crippen LogP contribution in [0.5, 0.6) is 0 Å². The number of aliphatic hydroxyl groups excluding tert-OH is 1. The molecule has 1 fully saturated rings. The van der Waals surface area contributed by atoms with Crippen molar-refractivity contribution in [3.63, 3.8) is 0 Å². The molecule has 0 aromatic heterocycles. The Balaban J connectivity index is 2.16. The number of rotatable bonds is 5. The first-order valence-electron chi connectivity index (χ1n) is 5.01. The summed E-state index contributed by atoms with van der Waals surface area (Å²) in [5, 5.41) is 15.0. The molecule has 0 aliphatic carbocycles. The van der Waals surface area contributed by atoms with Crippen LogP contribution in [0.1, 0.15) is 0 Å². The third kappa shape index (κ3) is 4.57. The lowest BCUT2D eigenvalue weighted by Crippen LogP contribution is -2.49. The molecular weight excluding hydrogens is 200 g/mol. The van der Waals surface area contributed by atoms with Gasteiger partial charge in [-0.15, -0.1) is 0 Å². The van der Waals surface area contributed by atoms with Crippen LogP contribution in [0.15, 0.2) is 0 Å². The van der Waals surface area contributed by atoms with Gasteiger partial charge in [0.25, 0.3) is 5.91 Å². The first-order chi connectivity index (χ1) is 7.24. The summed E-state index contributed by atoms with van der Waals surface area (Å²) in [7, 11) is 1.50. The zero-order valence-electron chi connectivity index (χ0n) is 8.86. The van der Waals surface area contributed by atoms with Gasteiger partial charge in [-0.2, -0.15) is 0 Å². The molecule has 0 aromatic rings. The topological polar surface area (TPSA) is 79.8 Å². The Morgan fingerprint density at radius 2 is 2.60 bits per heavy atom. The highest BCUT2D eigenvalue weighted by Gasteiger charge is 2.21. The Hall–Kier alpha value is -0.690. The molecule has 15 heavy (non-hydrogen) atoms. The lowest BCUT2D eigenvalue weighted by molar-refractivity contribution is -0.134. The number of carbonyl (C=O) groups is 1. The minimum atomic E-state index is -0.671. The van der Waals surface area contributed by atoms with Gasteiger partial charge in [0.2, 0.25) is 0 Å². The van der Waals surface area contributed by atoms with Crippen LogP contribution in [0.2, 0.25) is 0 Å². The molecule has 1 amide bonds. The largest absolute Gasteiger partial charge is 0.389 e. The maximum atomic E-state index is 11.5. The smallest absolute Gasteiger partial charge is 0.250 e. The lowest BCUT2D eigenvalue weighted by atomic mass is 10.2. The number of morpholine rings is 1. The summed E-state index contributed by atoms with van der Waals surface area (Å²) in [6, 6.07) is 0. The van der Waals surface area contributed by atoms with Crippen molar-refractivity contribution in [1.29, 1.82) is 0 Å².